The first-order chi connectivity index (χ1) is 26.2. The van der Waals surface area contributed by atoms with E-state index in [2.05, 4.69) is 49.4 Å². The number of unbranched alkanes of at least 4 members (excludes halogenated alkanes) is 2. The Bertz CT molecular complexity index is 1860. The molecule has 0 radical (unpaired) electrons. The van der Waals surface area contributed by atoms with Crippen molar-refractivity contribution >= 4 is 39.0 Å². The minimum Gasteiger partial charge on any atom is -0.377 e. The molecule has 0 saturated heterocycles. The lowest BCUT2D eigenvalue weighted by Crippen LogP contribution is -2.34. The molecule has 54 heavy (non-hydrogen) atoms. The second-order valence-electron chi connectivity index (χ2n) is 13.9. The predicted molar refractivity (Wildman–Crippen MR) is 199 cm³/mol. The molecule has 6 rings (SSSR count). The van der Waals surface area contributed by atoms with Gasteiger partial charge in [-0.25, -0.2) is 15.1 Å². The number of hydrogen-bond acceptors (Lipinski definition) is 12. The Morgan fingerprint density at radius 2 is 1.83 bits per heavy atom. The van der Waals surface area contributed by atoms with Crippen molar-refractivity contribution < 1.29 is 41.5 Å². The minimum absolute atomic E-state index is 0.00849. The molecule has 5 N–H and O–H groups in total. The molecule has 1 aromatic carbocycles. The molecule has 0 bridgehead atoms. The number of ether oxygens (including phenoxy) is 3. The summed E-state index contributed by atoms with van der Waals surface area (Å²) in [7, 11) is -4.11. The fourth-order valence-electron chi connectivity index (χ4n) is 7.52. The SMILES string of the molecule is NS(=O)(=O)OC[C@@H]1C[C@@H](n2ccc3c(N[C@H]4CCc5ccccc54)ncnc32)C[C@@H]1OCCOCCOCCNC(=O)CCCCCN1C(=O)C=CC1O. The van der Waals surface area contributed by atoms with Gasteiger partial charge in [-0.15, -0.1) is 0 Å². The number of aryl methyl sites for hydroxylation is 1. The number of aliphatic hydroxyl groups is 1. The average Bonchev–Trinajstić information content (AvgIpc) is 3.94. The Morgan fingerprint density at radius 1 is 1.02 bits per heavy atom. The maximum atomic E-state index is 12.1. The number of aromatic nitrogens is 3. The zero-order chi connectivity index (χ0) is 37.9. The third-order valence-electron chi connectivity index (χ3n) is 10.2. The summed E-state index contributed by atoms with van der Waals surface area (Å²) in [6.45, 7) is 2.46. The summed E-state index contributed by atoms with van der Waals surface area (Å²) in [6, 6.07) is 10.7. The molecule has 2 aliphatic carbocycles. The van der Waals surface area contributed by atoms with E-state index in [1.807, 2.05) is 12.3 Å². The van der Waals surface area contributed by atoms with Gasteiger partial charge in [0.2, 0.25) is 11.8 Å². The number of rotatable bonds is 22. The average molecular weight is 770 g/mol. The highest BCUT2D eigenvalue weighted by molar-refractivity contribution is 7.84. The van der Waals surface area contributed by atoms with Crippen molar-refractivity contribution in [2.75, 3.05) is 58.0 Å². The van der Waals surface area contributed by atoms with E-state index in [-0.39, 0.29) is 42.5 Å². The lowest BCUT2D eigenvalue weighted by Gasteiger charge is -2.20. The first kappa shape index (κ1) is 39.7. The zero-order valence-electron chi connectivity index (χ0n) is 30.4. The van der Waals surface area contributed by atoms with Crippen molar-refractivity contribution in [1.29, 1.82) is 0 Å². The standard InChI is InChI=1S/C37H51N7O9S/c38-54(48,49)53-24-27-22-28(43-16-13-30-36(40-25-41-37(30)43)42-31-10-9-26-6-3-4-7-29(26)31)23-32(27)52-21-20-51-19-18-50-17-14-39-33(45)8-2-1-5-15-44-34(46)11-12-35(44)47/h3-4,6-7,11-13,16,25,27-28,31-32,34,46H,1-2,5,8-10,14-15,17-24H2,(H,39,45)(H2,38,48,49)(H,40,41,42)/t27-,28+,31-,32-,34?/m0/s1. The van der Waals surface area contributed by atoms with Gasteiger partial charge >= 0.3 is 10.3 Å². The molecule has 1 aliphatic heterocycles. The van der Waals surface area contributed by atoms with E-state index in [1.54, 1.807) is 6.33 Å². The van der Waals surface area contributed by atoms with E-state index in [0.29, 0.717) is 71.8 Å². The van der Waals surface area contributed by atoms with Gasteiger partial charge in [-0.2, -0.15) is 8.42 Å². The molecule has 16 nitrogen and oxygen atoms in total. The second kappa shape index (κ2) is 19.1. The molecule has 0 spiro atoms. The molecule has 3 aliphatic rings. The van der Waals surface area contributed by atoms with Gasteiger partial charge in [0.15, 0.2) is 0 Å². The molecule has 17 heteroatoms. The number of anilines is 1. The lowest BCUT2D eigenvalue weighted by molar-refractivity contribution is -0.131. The summed E-state index contributed by atoms with van der Waals surface area (Å²) < 4.78 is 47.8. The molecule has 294 valence electrons. The number of benzene rings is 1. The van der Waals surface area contributed by atoms with Crippen molar-refractivity contribution in [2.45, 2.75) is 75.8 Å². The quantitative estimate of drug-likeness (QED) is 0.109. The summed E-state index contributed by atoms with van der Waals surface area (Å²) in [5, 5.41) is 22.3. The van der Waals surface area contributed by atoms with Crippen LogP contribution in [0.4, 0.5) is 5.82 Å². The summed E-state index contributed by atoms with van der Waals surface area (Å²) in [6.07, 6.45) is 11.1. The van der Waals surface area contributed by atoms with Crippen molar-refractivity contribution in [3.05, 3.63) is 66.1 Å². The third kappa shape index (κ3) is 10.8. The fraction of sp³-hybridized carbons (Fsp3) is 0.568. The number of nitrogens with zero attached hydrogens (tertiary/aromatic N) is 4. The van der Waals surface area contributed by atoms with Crippen LogP contribution in [-0.4, -0.2) is 110 Å². The first-order valence-corrected chi connectivity index (χ1v) is 20.2. The van der Waals surface area contributed by atoms with Crippen molar-refractivity contribution in [1.82, 2.24) is 24.8 Å². The number of carbonyl (C=O) groups excluding carboxylic acids is 2. The van der Waals surface area contributed by atoms with E-state index in [4.69, 9.17) is 23.5 Å². The molecule has 1 saturated carbocycles. The van der Waals surface area contributed by atoms with Gasteiger partial charge in [-0.1, -0.05) is 30.7 Å². The number of hydrogen-bond donors (Lipinski definition) is 4. The maximum absolute atomic E-state index is 12.1. The van der Waals surface area contributed by atoms with Crippen molar-refractivity contribution in [3.63, 3.8) is 0 Å². The van der Waals surface area contributed by atoms with E-state index < -0.39 is 16.5 Å². The van der Waals surface area contributed by atoms with Gasteiger partial charge in [0.05, 0.1) is 57.2 Å². The fourth-order valence-corrected chi connectivity index (χ4v) is 7.88. The zero-order valence-corrected chi connectivity index (χ0v) is 31.2. The first-order valence-electron chi connectivity index (χ1n) is 18.7. The van der Waals surface area contributed by atoms with Crippen molar-refractivity contribution in [2.24, 2.45) is 11.1 Å². The van der Waals surface area contributed by atoms with Crippen LogP contribution in [0, 0.1) is 5.92 Å². The second-order valence-corrected chi connectivity index (χ2v) is 15.1. The highest BCUT2D eigenvalue weighted by Crippen LogP contribution is 2.40. The Morgan fingerprint density at radius 3 is 2.65 bits per heavy atom. The Hall–Kier alpha value is -3.97. The van der Waals surface area contributed by atoms with Gasteiger partial charge in [-0.3, -0.25) is 13.8 Å². The van der Waals surface area contributed by atoms with Gasteiger partial charge < -0.3 is 39.4 Å². The van der Waals surface area contributed by atoms with Crippen LogP contribution in [0.3, 0.4) is 0 Å². The van der Waals surface area contributed by atoms with E-state index in [1.165, 1.54) is 28.2 Å². The molecule has 1 unspecified atom stereocenters. The van der Waals surface area contributed by atoms with Crippen LogP contribution in [0.25, 0.3) is 11.0 Å². The number of nitrogens with one attached hydrogen (secondary N) is 2. The molecule has 2 amide bonds. The molecular weight excluding hydrogens is 719 g/mol. The van der Waals surface area contributed by atoms with E-state index >= 15 is 0 Å². The number of carbonyl (C=O) groups is 2. The number of nitrogens with two attached hydrogens (primary N) is 1. The van der Waals surface area contributed by atoms with Crippen LogP contribution in [0.1, 0.15) is 68.2 Å². The third-order valence-corrected chi connectivity index (χ3v) is 10.7. The van der Waals surface area contributed by atoms with Crippen LogP contribution >= 0.6 is 0 Å². The highest BCUT2D eigenvalue weighted by Gasteiger charge is 2.37. The van der Waals surface area contributed by atoms with Crippen LogP contribution in [0.2, 0.25) is 0 Å². The number of amides is 2. The minimum atomic E-state index is -4.11. The largest absolute Gasteiger partial charge is 0.377 e. The van der Waals surface area contributed by atoms with Gasteiger partial charge in [0.1, 0.15) is 24.0 Å². The number of fused-ring (bicyclic) bond motifs is 2. The summed E-state index contributed by atoms with van der Waals surface area (Å²) in [5.41, 5.74) is 3.45. The molecule has 3 aromatic rings. The normalized spacial score (nSPS) is 22.4. The molecule has 2 aromatic heterocycles. The Labute approximate surface area is 315 Å². The molecule has 5 atom stereocenters. The van der Waals surface area contributed by atoms with E-state index in [9.17, 15) is 23.1 Å². The number of aliphatic hydroxyl groups excluding tert-OH is 1. The van der Waals surface area contributed by atoms with Crippen LogP contribution < -0.4 is 15.8 Å². The van der Waals surface area contributed by atoms with Crippen LogP contribution in [0.5, 0.6) is 0 Å². The van der Waals surface area contributed by atoms with Gasteiger partial charge in [-0.05, 0) is 61.8 Å². The smallest absolute Gasteiger partial charge is 0.333 e. The van der Waals surface area contributed by atoms with Crippen molar-refractivity contribution in [3.8, 4) is 0 Å². The van der Waals surface area contributed by atoms with E-state index in [0.717, 1.165) is 42.5 Å². The predicted octanol–water partition coefficient (Wildman–Crippen LogP) is 2.51. The Balaban J connectivity index is 0.879. The summed E-state index contributed by atoms with van der Waals surface area (Å²) >= 11 is 0. The molecule has 1 fully saturated rings. The topological polar surface area (TPSA) is 209 Å². The van der Waals surface area contributed by atoms with Gasteiger partial charge in [0, 0.05) is 43.7 Å². The highest BCUT2D eigenvalue weighted by atomic mass is 32.2. The Kier molecular flexibility index (Phi) is 14.0. The van der Waals surface area contributed by atoms with Gasteiger partial charge in [0.25, 0.3) is 0 Å². The monoisotopic (exact) mass is 769 g/mol. The lowest BCUT2D eigenvalue weighted by atomic mass is 10.1. The maximum Gasteiger partial charge on any atom is 0.333 e. The van der Waals surface area contributed by atoms with Crippen LogP contribution in [0.15, 0.2) is 55.0 Å². The summed E-state index contributed by atoms with van der Waals surface area (Å²) in [5.74, 6) is 0.320. The summed E-state index contributed by atoms with van der Waals surface area (Å²) in [4.78, 5) is 34.3. The molecular formula is C37H51N7O9S. The van der Waals surface area contributed by atoms with Crippen LogP contribution in [-0.2, 0) is 44.7 Å². The molecule has 3 heterocycles.